The lowest BCUT2D eigenvalue weighted by atomic mass is 9.91. The van der Waals surface area contributed by atoms with Gasteiger partial charge in [-0.25, -0.2) is 4.79 Å². The third-order valence-electron chi connectivity index (χ3n) is 8.87. The summed E-state index contributed by atoms with van der Waals surface area (Å²) in [5, 5.41) is 0. The largest absolute Gasteiger partial charge is 0.493 e. The number of rotatable bonds is 17. The van der Waals surface area contributed by atoms with Crippen LogP contribution in [0.4, 0.5) is 0 Å². The summed E-state index contributed by atoms with van der Waals surface area (Å²) in [5.74, 6) is 2.18. The Bertz CT molecular complexity index is 1520. The first-order valence-corrected chi connectivity index (χ1v) is 16.8. The molecule has 1 heterocycles. The third-order valence-corrected chi connectivity index (χ3v) is 8.87. The van der Waals surface area contributed by atoms with E-state index in [0.29, 0.717) is 79.9 Å². The van der Waals surface area contributed by atoms with Gasteiger partial charge in [-0.15, -0.1) is 0 Å². The molecule has 0 radical (unpaired) electrons. The first-order chi connectivity index (χ1) is 23.8. The quantitative estimate of drug-likeness (QED) is 0.174. The standard InChI is InChI=1S/C38H50N2O9/c1-7-29(27-23-34(45-4)36(47-6)35(24-27)46-5)37(41)40-19-9-8-13-30(40)38(42)49-31(26-11-10-12-28(22-26)48-20-18-39)16-14-25-15-17-32(43-2)33(21-25)44-3/h10-12,15,17,21-24,29-31H,7-9,13-14,16,18-20,39H2,1-6H3/t29-,30-,31+/m0/s1. The number of carbonyl (C=O) groups is 2. The fourth-order valence-electron chi connectivity index (χ4n) is 6.32. The van der Waals surface area contributed by atoms with Gasteiger partial charge in [0, 0.05) is 13.1 Å². The van der Waals surface area contributed by atoms with Gasteiger partial charge in [0.15, 0.2) is 23.0 Å². The number of ether oxygens (including phenoxy) is 7. The van der Waals surface area contributed by atoms with E-state index in [9.17, 15) is 9.59 Å². The smallest absolute Gasteiger partial charge is 0.329 e. The van der Waals surface area contributed by atoms with Gasteiger partial charge in [-0.3, -0.25) is 4.79 Å². The number of nitrogens with two attached hydrogens (primary N) is 1. The highest BCUT2D eigenvalue weighted by molar-refractivity contribution is 5.89. The number of esters is 1. The second-order valence-electron chi connectivity index (χ2n) is 11.8. The number of carbonyl (C=O) groups excluding carboxylic acids is 2. The van der Waals surface area contributed by atoms with E-state index in [-0.39, 0.29) is 5.91 Å². The van der Waals surface area contributed by atoms with Crippen LogP contribution in [0.1, 0.15) is 67.7 Å². The van der Waals surface area contributed by atoms with Crippen LogP contribution in [0, 0.1) is 0 Å². The van der Waals surface area contributed by atoms with E-state index in [1.807, 2.05) is 49.4 Å². The molecule has 11 nitrogen and oxygen atoms in total. The van der Waals surface area contributed by atoms with Gasteiger partial charge in [0.1, 0.15) is 24.5 Å². The van der Waals surface area contributed by atoms with Crippen LogP contribution >= 0.6 is 0 Å². The van der Waals surface area contributed by atoms with Crippen molar-refractivity contribution in [3.63, 3.8) is 0 Å². The lowest BCUT2D eigenvalue weighted by Crippen LogP contribution is -2.50. The summed E-state index contributed by atoms with van der Waals surface area (Å²) in [6.07, 6.45) is 3.12. The summed E-state index contributed by atoms with van der Waals surface area (Å²) in [4.78, 5) is 30.1. The fraction of sp³-hybridized carbons (Fsp3) is 0.474. The molecule has 3 atom stereocenters. The second kappa shape index (κ2) is 18.2. The van der Waals surface area contributed by atoms with Crippen molar-refractivity contribution in [3.8, 4) is 34.5 Å². The van der Waals surface area contributed by atoms with E-state index in [1.165, 1.54) is 7.11 Å². The monoisotopic (exact) mass is 678 g/mol. The molecular formula is C38H50N2O9. The predicted octanol–water partition coefficient (Wildman–Crippen LogP) is 5.86. The van der Waals surface area contributed by atoms with Gasteiger partial charge >= 0.3 is 5.97 Å². The van der Waals surface area contributed by atoms with Crippen molar-refractivity contribution in [2.75, 3.05) is 55.2 Å². The molecule has 0 spiro atoms. The fourth-order valence-corrected chi connectivity index (χ4v) is 6.32. The van der Waals surface area contributed by atoms with Crippen molar-refractivity contribution in [2.45, 2.75) is 63.5 Å². The molecule has 3 aromatic carbocycles. The van der Waals surface area contributed by atoms with E-state index in [2.05, 4.69) is 0 Å². The maximum Gasteiger partial charge on any atom is 0.329 e. The molecule has 0 aliphatic carbocycles. The minimum Gasteiger partial charge on any atom is -0.493 e. The Hall–Kier alpha value is -4.64. The first kappa shape index (κ1) is 37.2. The van der Waals surface area contributed by atoms with E-state index < -0.39 is 24.0 Å². The van der Waals surface area contributed by atoms with Gasteiger partial charge in [0.05, 0.1) is 41.5 Å². The zero-order valence-electron chi connectivity index (χ0n) is 29.5. The van der Waals surface area contributed by atoms with E-state index in [0.717, 1.165) is 29.5 Å². The Morgan fingerprint density at radius 3 is 2.18 bits per heavy atom. The van der Waals surface area contributed by atoms with Gasteiger partial charge in [0.25, 0.3) is 0 Å². The molecule has 0 bridgehead atoms. The van der Waals surface area contributed by atoms with Crippen LogP contribution in [-0.2, 0) is 20.7 Å². The van der Waals surface area contributed by atoms with Crippen LogP contribution < -0.4 is 34.2 Å². The average molecular weight is 679 g/mol. The summed E-state index contributed by atoms with van der Waals surface area (Å²) >= 11 is 0. The zero-order chi connectivity index (χ0) is 35.3. The number of piperidine rings is 1. The Morgan fingerprint density at radius 1 is 0.837 bits per heavy atom. The molecule has 1 amide bonds. The molecule has 1 aliphatic rings. The Kier molecular flexibility index (Phi) is 13.8. The van der Waals surface area contributed by atoms with Crippen molar-refractivity contribution in [2.24, 2.45) is 5.73 Å². The van der Waals surface area contributed by atoms with Crippen molar-refractivity contribution in [1.82, 2.24) is 4.90 Å². The highest BCUT2D eigenvalue weighted by Crippen LogP contribution is 2.41. The molecule has 11 heteroatoms. The number of amides is 1. The maximum atomic E-state index is 14.3. The summed E-state index contributed by atoms with van der Waals surface area (Å²) in [7, 11) is 7.82. The second-order valence-corrected chi connectivity index (χ2v) is 11.8. The number of benzene rings is 3. The van der Waals surface area contributed by atoms with E-state index in [1.54, 1.807) is 45.5 Å². The number of likely N-dealkylation sites (tertiary alicyclic amines) is 1. The molecule has 0 aromatic heterocycles. The predicted molar refractivity (Wildman–Crippen MR) is 186 cm³/mol. The van der Waals surface area contributed by atoms with Crippen molar-refractivity contribution >= 4 is 11.9 Å². The summed E-state index contributed by atoms with van der Waals surface area (Å²) < 4.78 is 39.6. The van der Waals surface area contributed by atoms with Crippen LogP contribution in [0.2, 0.25) is 0 Å². The van der Waals surface area contributed by atoms with Crippen molar-refractivity contribution in [3.05, 3.63) is 71.3 Å². The summed E-state index contributed by atoms with van der Waals surface area (Å²) in [6.45, 7) is 3.15. The number of hydrogen-bond acceptors (Lipinski definition) is 10. The number of methoxy groups -OCH3 is 5. The maximum absolute atomic E-state index is 14.3. The topological polar surface area (TPSA) is 128 Å². The minimum absolute atomic E-state index is 0.141. The Morgan fingerprint density at radius 2 is 1.55 bits per heavy atom. The summed E-state index contributed by atoms with van der Waals surface area (Å²) in [5.41, 5.74) is 8.18. The van der Waals surface area contributed by atoms with Gasteiger partial charge in [-0.1, -0.05) is 25.1 Å². The number of nitrogens with zero attached hydrogens (tertiary/aromatic N) is 1. The lowest BCUT2D eigenvalue weighted by molar-refractivity contribution is -0.162. The molecule has 1 fully saturated rings. The minimum atomic E-state index is -0.724. The molecule has 0 unspecified atom stereocenters. The highest BCUT2D eigenvalue weighted by atomic mass is 16.5. The third kappa shape index (κ3) is 9.08. The van der Waals surface area contributed by atoms with Gasteiger partial charge in [-0.2, -0.15) is 0 Å². The molecule has 49 heavy (non-hydrogen) atoms. The molecule has 1 saturated heterocycles. The summed E-state index contributed by atoms with van der Waals surface area (Å²) in [6, 6.07) is 16.2. The van der Waals surface area contributed by atoms with Crippen molar-refractivity contribution < 1.29 is 42.7 Å². The van der Waals surface area contributed by atoms with Gasteiger partial charge in [-0.05, 0) is 91.6 Å². The molecule has 3 aromatic rings. The molecule has 1 aliphatic heterocycles. The lowest BCUT2D eigenvalue weighted by Gasteiger charge is -2.37. The Balaban J connectivity index is 1.61. The van der Waals surface area contributed by atoms with Crippen LogP contribution in [0.15, 0.2) is 54.6 Å². The average Bonchev–Trinajstić information content (AvgIpc) is 3.15. The normalized spacial score (nSPS) is 15.5. The molecule has 2 N–H and O–H groups in total. The SMILES string of the molecule is CC[C@H](C(=O)N1CCCC[C@H]1C(=O)O[C@H](CCc1ccc(OC)c(OC)c1)c1cccc(OCCN)c1)c1cc(OC)c(OC)c(OC)c1. The number of aryl methyl sites for hydroxylation is 1. The van der Waals surface area contributed by atoms with Crippen LogP contribution in [0.5, 0.6) is 34.5 Å². The van der Waals surface area contributed by atoms with E-state index in [4.69, 9.17) is 38.9 Å². The van der Waals surface area contributed by atoms with Crippen LogP contribution in [-0.4, -0.2) is 78.1 Å². The number of hydrogen-bond donors (Lipinski definition) is 1. The van der Waals surface area contributed by atoms with Gasteiger partial charge in [0.2, 0.25) is 11.7 Å². The van der Waals surface area contributed by atoms with Crippen LogP contribution in [0.3, 0.4) is 0 Å². The highest BCUT2D eigenvalue weighted by Gasteiger charge is 2.38. The van der Waals surface area contributed by atoms with Crippen molar-refractivity contribution in [1.29, 1.82) is 0 Å². The van der Waals surface area contributed by atoms with Gasteiger partial charge < -0.3 is 43.8 Å². The molecular weight excluding hydrogens is 628 g/mol. The molecule has 0 saturated carbocycles. The first-order valence-electron chi connectivity index (χ1n) is 16.8. The molecule has 4 rings (SSSR count). The van der Waals surface area contributed by atoms with E-state index >= 15 is 0 Å². The van der Waals surface area contributed by atoms with Crippen LogP contribution in [0.25, 0.3) is 0 Å². The molecule has 266 valence electrons. The zero-order valence-corrected chi connectivity index (χ0v) is 29.5. The Labute approximate surface area is 289 Å².